The molecule has 0 saturated heterocycles. The van der Waals surface area contributed by atoms with Crippen LogP contribution in [0.15, 0.2) is 54.7 Å². The van der Waals surface area contributed by atoms with E-state index in [-0.39, 0.29) is 19.0 Å². The average Bonchev–Trinajstić information content (AvgIpc) is 3.24. The molecule has 30 heavy (non-hydrogen) atoms. The average molecular weight is 443 g/mol. The van der Waals surface area contributed by atoms with Crippen LogP contribution in [-0.4, -0.2) is 53.5 Å². The van der Waals surface area contributed by atoms with Gasteiger partial charge in [-0.25, -0.2) is 23.4 Å². The maximum absolute atomic E-state index is 12.2. The first-order chi connectivity index (χ1) is 14.5. The summed E-state index contributed by atoms with van der Waals surface area (Å²) in [5.41, 5.74) is 2.40. The van der Waals surface area contributed by atoms with Crippen LogP contribution in [0.5, 0.6) is 0 Å². The predicted molar refractivity (Wildman–Crippen MR) is 116 cm³/mol. The Labute approximate surface area is 177 Å². The summed E-state index contributed by atoms with van der Waals surface area (Å²) < 4.78 is 25.6. The number of hydrogen-bond acceptors (Lipinski definition) is 9. The minimum atomic E-state index is -3.50. The number of rotatable bonds is 6. The van der Waals surface area contributed by atoms with Crippen LogP contribution in [0.3, 0.4) is 0 Å². The van der Waals surface area contributed by atoms with Crippen LogP contribution in [0.2, 0.25) is 0 Å². The van der Waals surface area contributed by atoms with Crippen molar-refractivity contribution in [3.8, 4) is 21.1 Å². The van der Waals surface area contributed by atoms with E-state index in [1.807, 2.05) is 12.1 Å². The number of hydrogen-bond donors (Lipinski definition) is 0. The van der Waals surface area contributed by atoms with Crippen molar-refractivity contribution in [1.29, 1.82) is 0 Å². The first kappa shape index (κ1) is 20.1. The number of oxime groups is 1. The van der Waals surface area contributed by atoms with Crippen LogP contribution < -0.4 is 4.31 Å². The van der Waals surface area contributed by atoms with E-state index in [1.54, 1.807) is 30.9 Å². The third-order valence-electron chi connectivity index (χ3n) is 4.25. The van der Waals surface area contributed by atoms with E-state index in [1.165, 1.54) is 15.6 Å². The highest BCUT2D eigenvalue weighted by molar-refractivity contribution is 7.92. The van der Waals surface area contributed by atoms with Gasteiger partial charge in [0.2, 0.25) is 10.0 Å². The Kier molecular flexibility index (Phi) is 5.55. The number of aromatic nitrogens is 4. The number of pyridine rings is 1. The Hall–Kier alpha value is -3.18. The lowest BCUT2D eigenvalue weighted by Gasteiger charge is -2.27. The molecule has 11 heteroatoms. The van der Waals surface area contributed by atoms with Gasteiger partial charge < -0.3 is 4.84 Å². The van der Waals surface area contributed by atoms with E-state index in [0.717, 1.165) is 21.7 Å². The molecule has 0 radical (unpaired) electrons. The van der Waals surface area contributed by atoms with Crippen LogP contribution in [0.1, 0.15) is 12.1 Å². The van der Waals surface area contributed by atoms with Crippen LogP contribution in [-0.2, 0) is 14.9 Å². The van der Waals surface area contributed by atoms with Gasteiger partial charge in [0.05, 0.1) is 17.3 Å². The Morgan fingerprint density at radius 1 is 1.33 bits per heavy atom. The van der Waals surface area contributed by atoms with Crippen molar-refractivity contribution < 1.29 is 13.3 Å². The zero-order valence-corrected chi connectivity index (χ0v) is 17.7. The molecule has 0 fully saturated rings. The summed E-state index contributed by atoms with van der Waals surface area (Å²) in [6.07, 6.45) is 9.79. The van der Waals surface area contributed by atoms with E-state index in [0.29, 0.717) is 23.5 Å². The number of fused-ring (bicyclic) bond motifs is 1. The molecule has 0 bridgehead atoms. The summed E-state index contributed by atoms with van der Waals surface area (Å²) in [5.74, 6) is 0.241. The molecule has 0 aromatic carbocycles. The molecule has 4 heterocycles. The van der Waals surface area contributed by atoms with Crippen LogP contribution in [0.25, 0.3) is 21.1 Å². The second-order valence-electron chi connectivity index (χ2n) is 6.41. The molecule has 3 aromatic heterocycles. The minimum absolute atomic E-state index is 0.224. The van der Waals surface area contributed by atoms with E-state index in [2.05, 4.69) is 31.7 Å². The SMILES string of the molecule is C=CCO/N=C1\CCN(S(C)(=O)=O)c2ncc(-c3cnc(-c4cccnc4)s3)nc21. The van der Waals surface area contributed by atoms with Crippen molar-refractivity contribution >= 4 is 32.9 Å². The molecule has 0 unspecified atom stereocenters. The molecule has 154 valence electrons. The van der Waals surface area contributed by atoms with Crippen LogP contribution >= 0.6 is 11.3 Å². The fraction of sp³-hybridized carbons (Fsp3) is 0.211. The zero-order chi connectivity index (χ0) is 21.1. The molecule has 1 aliphatic heterocycles. The van der Waals surface area contributed by atoms with Gasteiger partial charge in [-0.1, -0.05) is 17.8 Å². The number of sulfonamides is 1. The quantitative estimate of drug-likeness (QED) is 0.328. The number of thiazole rings is 1. The molecule has 0 saturated carbocycles. The van der Waals surface area contributed by atoms with Gasteiger partial charge in [-0.3, -0.25) is 9.29 Å². The van der Waals surface area contributed by atoms with E-state index in [9.17, 15) is 8.42 Å². The monoisotopic (exact) mass is 442 g/mol. The highest BCUT2D eigenvalue weighted by Gasteiger charge is 2.31. The molecule has 4 rings (SSSR count). The van der Waals surface area contributed by atoms with Crippen molar-refractivity contribution in [2.24, 2.45) is 5.16 Å². The van der Waals surface area contributed by atoms with E-state index in [4.69, 9.17) is 4.84 Å². The van der Waals surface area contributed by atoms with Gasteiger partial charge in [-0.15, -0.1) is 11.3 Å². The maximum atomic E-state index is 12.2. The molecular weight excluding hydrogens is 424 g/mol. The van der Waals surface area contributed by atoms with Gasteiger partial charge in [0, 0.05) is 37.1 Å². The Balaban J connectivity index is 1.75. The van der Waals surface area contributed by atoms with Crippen molar-refractivity contribution in [2.45, 2.75) is 6.42 Å². The molecule has 0 spiro atoms. The highest BCUT2D eigenvalue weighted by Crippen LogP contribution is 2.33. The van der Waals surface area contributed by atoms with Gasteiger partial charge in [0.1, 0.15) is 28.7 Å². The first-order valence-electron chi connectivity index (χ1n) is 8.99. The minimum Gasteiger partial charge on any atom is -0.391 e. The number of anilines is 1. The van der Waals surface area contributed by atoms with E-state index >= 15 is 0 Å². The lowest BCUT2D eigenvalue weighted by atomic mass is 10.1. The van der Waals surface area contributed by atoms with Gasteiger partial charge in [-0.05, 0) is 12.1 Å². The molecule has 3 aromatic rings. The summed E-state index contributed by atoms with van der Waals surface area (Å²) in [6, 6.07) is 3.78. The second kappa shape index (κ2) is 8.28. The van der Waals surface area contributed by atoms with Crippen molar-refractivity contribution in [1.82, 2.24) is 19.9 Å². The lowest BCUT2D eigenvalue weighted by molar-refractivity contribution is 0.174. The van der Waals surface area contributed by atoms with Gasteiger partial charge >= 0.3 is 0 Å². The summed E-state index contributed by atoms with van der Waals surface area (Å²) in [6.45, 7) is 4.06. The molecule has 1 aliphatic rings. The number of nitrogens with zero attached hydrogens (tertiary/aromatic N) is 6. The Morgan fingerprint density at radius 2 is 2.20 bits per heavy atom. The van der Waals surface area contributed by atoms with Crippen LogP contribution in [0.4, 0.5) is 5.82 Å². The smallest absolute Gasteiger partial charge is 0.233 e. The van der Waals surface area contributed by atoms with Crippen molar-refractivity contribution in [3.05, 3.63) is 55.3 Å². The molecule has 0 atom stereocenters. The Bertz CT molecular complexity index is 1210. The standard InChI is InChI=1S/C19H18N6O3S2/c1-3-9-28-24-14-6-8-25(30(2,26)27)18-17(14)23-15(11-21-18)16-12-22-19(29-16)13-5-4-7-20-10-13/h3-5,7,10-12H,1,6,8-9H2,2H3/b24-14+. The zero-order valence-electron chi connectivity index (χ0n) is 16.1. The normalized spacial score (nSPS) is 15.1. The van der Waals surface area contributed by atoms with Gasteiger partial charge in [0.25, 0.3) is 0 Å². The first-order valence-corrected chi connectivity index (χ1v) is 11.7. The molecular formula is C19H18N6O3S2. The van der Waals surface area contributed by atoms with Crippen LogP contribution in [0, 0.1) is 0 Å². The second-order valence-corrected chi connectivity index (χ2v) is 9.34. The third-order valence-corrected chi connectivity index (χ3v) is 6.47. The van der Waals surface area contributed by atoms with Gasteiger partial charge in [-0.2, -0.15) is 0 Å². The topological polar surface area (TPSA) is 111 Å². The largest absolute Gasteiger partial charge is 0.391 e. The van der Waals surface area contributed by atoms with Gasteiger partial charge in [0.15, 0.2) is 5.82 Å². The fourth-order valence-corrected chi connectivity index (χ4v) is 4.64. The third kappa shape index (κ3) is 4.07. The summed E-state index contributed by atoms with van der Waals surface area (Å²) >= 11 is 1.45. The highest BCUT2D eigenvalue weighted by atomic mass is 32.2. The maximum Gasteiger partial charge on any atom is 0.233 e. The summed E-state index contributed by atoms with van der Waals surface area (Å²) in [4.78, 5) is 23.6. The predicted octanol–water partition coefficient (Wildman–Crippen LogP) is 2.74. The van der Waals surface area contributed by atoms with Crippen molar-refractivity contribution in [3.63, 3.8) is 0 Å². The Morgan fingerprint density at radius 3 is 2.93 bits per heavy atom. The molecule has 0 aliphatic carbocycles. The molecule has 0 N–H and O–H groups in total. The molecule has 0 amide bonds. The summed E-state index contributed by atoms with van der Waals surface area (Å²) in [5, 5.41) is 4.92. The van der Waals surface area contributed by atoms with Crippen molar-refractivity contribution in [2.75, 3.05) is 23.7 Å². The fourth-order valence-electron chi connectivity index (χ4n) is 2.90. The molecule has 9 nitrogen and oxygen atoms in total. The lowest BCUT2D eigenvalue weighted by Crippen LogP contribution is -2.38. The van der Waals surface area contributed by atoms with E-state index < -0.39 is 10.0 Å². The summed E-state index contributed by atoms with van der Waals surface area (Å²) in [7, 11) is -3.50.